The molecule has 0 aromatic heterocycles. The number of rotatable bonds is 3. The Morgan fingerprint density at radius 1 is 1.41 bits per heavy atom. The van der Waals surface area contributed by atoms with E-state index in [1.54, 1.807) is 13.0 Å². The lowest BCUT2D eigenvalue weighted by molar-refractivity contribution is -0.119. The number of anilines is 1. The largest absolute Gasteiger partial charge is 0.399 e. The molecule has 1 rings (SSSR count). The summed E-state index contributed by atoms with van der Waals surface area (Å²) in [6.45, 7) is 3.02. The monoisotopic (exact) mass is 256 g/mol. The van der Waals surface area contributed by atoms with Gasteiger partial charge in [-0.1, -0.05) is 0 Å². The second kappa shape index (κ2) is 4.75. The quantitative estimate of drug-likeness (QED) is 0.770. The van der Waals surface area contributed by atoms with E-state index in [-0.39, 0.29) is 4.90 Å². The summed E-state index contributed by atoms with van der Waals surface area (Å²) in [7, 11) is -2.26. The molecule has 6 heteroatoms. The molecule has 94 valence electrons. The summed E-state index contributed by atoms with van der Waals surface area (Å²) >= 11 is 0. The van der Waals surface area contributed by atoms with Gasteiger partial charge in [0.25, 0.3) is 0 Å². The van der Waals surface area contributed by atoms with E-state index in [1.165, 1.54) is 26.1 Å². The maximum atomic E-state index is 12.2. The van der Waals surface area contributed by atoms with Gasteiger partial charge in [-0.05, 0) is 37.6 Å². The molecule has 5 nitrogen and oxygen atoms in total. The molecule has 0 aliphatic carbocycles. The highest BCUT2D eigenvalue weighted by molar-refractivity contribution is 7.92. The number of hydrogen-bond donors (Lipinski definition) is 2. The van der Waals surface area contributed by atoms with Crippen LogP contribution in [0.2, 0.25) is 0 Å². The molecule has 1 atom stereocenters. The van der Waals surface area contributed by atoms with E-state index in [1.807, 2.05) is 0 Å². The SMILES string of the molecule is CNC(=O)C(C)S(=O)(=O)c1ccc(N)cc1C. The number of nitrogens with one attached hydrogen (secondary N) is 1. The molecule has 0 saturated carbocycles. The van der Waals surface area contributed by atoms with Crippen molar-refractivity contribution in [2.24, 2.45) is 0 Å². The summed E-state index contributed by atoms with van der Waals surface area (Å²) in [5.41, 5.74) is 6.60. The first-order chi connectivity index (χ1) is 7.80. The van der Waals surface area contributed by atoms with Gasteiger partial charge in [-0.15, -0.1) is 0 Å². The van der Waals surface area contributed by atoms with Crippen LogP contribution in [-0.2, 0) is 14.6 Å². The van der Waals surface area contributed by atoms with Crippen molar-refractivity contribution in [3.8, 4) is 0 Å². The lowest BCUT2D eigenvalue weighted by Gasteiger charge is -2.13. The Morgan fingerprint density at radius 3 is 2.47 bits per heavy atom. The Balaban J connectivity index is 3.27. The van der Waals surface area contributed by atoms with Crippen molar-refractivity contribution in [3.05, 3.63) is 23.8 Å². The van der Waals surface area contributed by atoms with E-state index in [0.29, 0.717) is 11.3 Å². The predicted molar refractivity (Wildman–Crippen MR) is 66.3 cm³/mol. The maximum absolute atomic E-state index is 12.2. The number of benzene rings is 1. The zero-order valence-electron chi connectivity index (χ0n) is 10.0. The number of amides is 1. The van der Waals surface area contributed by atoms with Crippen LogP contribution < -0.4 is 11.1 Å². The molecule has 0 aliphatic rings. The van der Waals surface area contributed by atoms with Gasteiger partial charge >= 0.3 is 0 Å². The zero-order valence-corrected chi connectivity index (χ0v) is 10.8. The van der Waals surface area contributed by atoms with E-state index in [9.17, 15) is 13.2 Å². The molecular weight excluding hydrogens is 240 g/mol. The molecule has 0 bridgehead atoms. The molecule has 0 heterocycles. The van der Waals surface area contributed by atoms with Crippen LogP contribution in [0.25, 0.3) is 0 Å². The van der Waals surface area contributed by atoms with Crippen LogP contribution in [0, 0.1) is 6.92 Å². The van der Waals surface area contributed by atoms with Gasteiger partial charge in [0, 0.05) is 12.7 Å². The highest BCUT2D eigenvalue weighted by Gasteiger charge is 2.30. The average Bonchev–Trinajstić information content (AvgIpc) is 2.26. The number of nitrogens with two attached hydrogens (primary N) is 1. The number of hydrogen-bond acceptors (Lipinski definition) is 4. The summed E-state index contributed by atoms with van der Waals surface area (Å²) in [4.78, 5) is 11.5. The molecule has 1 unspecified atom stereocenters. The first-order valence-corrected chi connectivity index (χ1v) is 6.67. The van der Waals surface area contributed by atoms with Crippen molar-refractivity contribution in [1.29, 1.82) is 0 Å². The molecule has 1 aromatic carbocycles. The number of carbonyl (C=O) groups is 1. The topological polar surface area (TPSA) is 89.3 Å². The van der Waals surface area contributed by atoms with Crippen molar-refractivity contribution in [2.45, 2.75) is 24.0 Å². The van der Waals surface area contributed by atoms with Crippen LogP contribution in [0.1, 0.15) is 12.5 Å². The summed E-state index contributed by atoms with van der Waals surface area (Å²) < 4.78 is 24.3. The van der Waals surface area contributed by atoms with Gasteiger partial charge in [-0.3, -0.25) is 4.79 Å². The van der Waals surface area contributed by atoms with E-state index in [0.717, 1.165) is 0 Å². The Bertz CT molecular complexity index is 538. The minimum absolute atomic E-state index is 0.141. The Kier molecular flexibility index (Phi) is 3.77. The van der Waals surface area contributed by atoms with Gasteiger partial charge in [0.1, 0.15) is 5.25 Å². The van der Waals surface area contributed by atoms with Gasteiger partial charge in [0.15, 0.2) is 9.84 Å². The van der Waals surface area contributed by atoms with Gasteiger partial charge in [0.2, 0.25) is 5.91 Å². The van der Waals surface area contributed by atoms with Crippen molar-refractivity contribution < 1.29 is 13.2 Å². The normalized spacial score (nSPS) is 13.1. The molecule has 17 heavy (non-hydrogen) atoms. The summed E-state index contributed by atoms with van der Waals surface area (Å²) in [5.74, 6) is -0.527. The zero-order chi connectivity index (χ0) is 13.2. The second-order valence-electron chi connectivity index (χ2n) is 3.83. The number of sulfone groups is 1. The fourth-order valence-electron chi connectivity index (χ4n) is 1.53. The average molecular weight is 256 g/mol. The van der Waals surface area contributed by atoms with E-state index >= 15 is 0 Å². The van der Waals surface area contributed by atoms with Crippen LogP contribution in [-0.4, -0.2) is 26.6 Å². The summed E-state index contributed by atoms with van der Waals surface area (Å²) in [5, 5.41) is 1.21. The van der Waals surface area contributed by atoms with Gasteiger partial charge < -0.3 is 11.1 Å². The maximum Gasteiger partial charge on any atom is 0.238 e. The van der Waals surface area contributed by atoms with E-state index in [4.69, 9.17) is 5.73 Å². The second-order valence-corrected chi connectivity index (χ2v) is 6.06. The van der Waals surface area contributed by atoms with Gasteiger partial charge in [-0.25, -0.2) is 8.42 Å². The molecule has 0 fully saturated rings. The van der Waals surface area contributed by atoms with Crippen LogP contribution >= 0.6 is 0 Å². The van der Waals surface area contributed by atoms with Gasteiger partial charge in [0.05, 0.1) is 4.90 Å². The smallest absolute Gasteiger partial charge is 0.238 e. The standard InChI is InChI=1S/C11H16N2O3S/c1-7-6-9(12)4-5-10(7)17(15,16)8(2)11(14)13-3/h4-6,8H,12H2,1-3H3,(H,13,14). The minimum atomic E-state index is -3.67. The van der Waals surface area contributed by atoms with Gasteiger partial charge in [-0.2, -0.15) is 0 Å². The predicted octanol–water partition coefficient (Wildman–Crippen LogP) is 0.485. The fraction of sp³-hybridized carbons (Fsp3) is 0.364. The number of aryl methyl sites for hydroxylation is 1. The molecule has 1 aromatic rings. The molecule has 0 spiro atoms. The van der Waals surface area contributed by atoms with Crippen LogP contribution in [0.15, 0.2) is 23.1 Å². The van der Waals surface area contributed by atoms with Crippen molar-refractivity contribution in [2.75, 3.05) is 12.8 Å². The summed E-state index contributed by atoms with van der Waals surface area (Å²) in [6.07, 6.45) is 0. The molecule has 3 N–H and O–H groups in total. The molecule has 0 saturated heterocycles. The van der Waals surface area contributed by atoms with Crippen molar-refractivity contribution >= 4 is 21.4 Å². The van der Waals surface area contributed by atoms with E-state index in [2.05, 4.69) is 5.32 Å². The third kappa shape index (κ3) is 2.58. The van der Waals surface area contributed by atoms with Crippen LogP contribution in [0.3, 0.4) is 0 Å². The van der Waals surface area contributed by atoms with Crippen molar-refractivity contribution in [3.63, 3.8) is 0 Å². The number of nitrogen functional groups attached to an aromatic ring is 1. The van der Waals surface area contributed by atoms with Crippen LogP contribution in [0.4, 0.5) is 5.69 Å². The highest BCUT2D eigenvalue weighted by atomic mass is 32.2. The fourth-order valence-corrected chi connectivity index (χ4v) is 3.07. The lowest BCUT2D eigenvalue weighted by atomic mass is 10.2. The highest BCUT2D eigenvalue weighted by Crippen LogP contribution is 2.22. The molecule has 0 aliphatic heterocycles. The molecular formula is C11H16N2O3S. The third-order valence-electron chi connectivity index (χ3n) is 2.59. The van der Waals surface area contributed by atoms with Crippen molar-refractivity contribution in [1.82, 2.24) is 5.32 Å². The number of carbonyl (C=O) groups excluding carboxylic acids is 1. The third-order valence-corrected chi connectivity index (χ3v) is 4.80. The minimum Gasteiger partial charge on any atom is -0.399 e. The molecule has 1 amide bonds. The first-order valence-electron chi connectivity index (χ1n) is 5.12. The Morgan fingerprint density at radius 2 is 2.00 bits per heavy atom. The Hall–Kier alpha value is -1.56. The Labute approximate surface area is 101 Å². The van der Waals surface area contributed by atoms with E-state index < -0.39 is 21.0 Å². The van der Waals surface area contributed by atoms with Crippen LogP contribution in [0.5, 0.6) is 0 Å². The summed E-state index contributed by atoms with van der Waals surface area (Å²) in [6, 6.07) is 4.51. The molecule has 0 radical (unpaired) electrons. The first kappa shape index (κ1) is 13.5. The lowest BCUT2D eigenvalue weighted by Crippen LogP contribution is -2.36.